The first-order valence-corrected chi connectivity index (χ1v) is 7.43. The lowest BCUT2D eigenvalue weighted by Gasteiger charge is -2.35. The van der Waals surface area contributed by atoms with Crippen LogP contribution in [0.25, 0.3) is 0 Å². The number of rotatable bonds is 4. The molecule has 21 heavy (non-hydrogen) atoms. The highest BCUT2D eigenvalue weighted by Crippen LogP contribution is 2.23. The van der Waals surface area contributed by atoms with Crippen molar-refractivity contribution in [3.63, 3.8) is 0 Å². The Kier molecular flexibility index (Phi) is 5.45. The van der Waals surface area contributed by atoms with Crippen molar-refractivity contribution in [2.24, 2.45) is 0 Å². The molecule has 1 aliphatic heterocycles. The Bertz CT molecular complexity index is 487. The highest BCUT2D eigenvalue weighted by molar-refractivity contribution is 6.34. The standard InChI is InChI=1S/C15H21ClN2O3/c1-10(2)18-6-7-20-11(8-18)9-21-15(19)14-12(16)4-3-5-13(14)17/h3-5,10-11H,6-9,17H2,1-2H3. The molecule has 116 valence electrons. The maximum atomic E-state index is 12.1. The maximum Gasteiger partial charge on any atom is 0.341 e. The van der Waals surface area contributed by atoms with Crippen molar-refractivity contribution in [3.8, 4) is 0 Å². The summed E-state index contributed by atoms with van der Waals surface area (Å²) >= 11 is 5.99. The highest BCUT2D eigenvalue weighted by Gasteiger charge is 2.24. The normalized spacial score (nSPS) is 19.7. The van der Waals surface area contributed by atoms with Gasteiger partial charge in [0.1, 0.15) is 18.3 Å². The van der Waals surface area contributed by atoms with E-state index in [0.717, 1.165) is 13.1 Å². The number of hydrogen-bond acceptors (Lipinski definition) is 5. The van der Waals surface area contributed by atoms with Crippen molar-refractivity contribution in [2.75, 3.05) is 32.0 Å². The number of ether oxygens (including phenoxy) is 2. The predicted molar refractivity (Wildman–Crippen MR) is 82.6 cm³/mol. The summed E-state index contributed by atoms with van der Waals surface area (Å²) in [5, 5.41) is 0.299. The number of nitrogens with zero attached hydrogens (tertiary/aromatic N) is 1. The maximum absolute atomic E-state index is 12.1. The van der Waals surface area contributed by atoms with Crippen molar-refractivity contribution in [3.05, 3.63) is 28.8 Å². The fraction of sp³-hybridized carbons (Fsp3) is 0.533. The summed E-state index contributed by atoms with van der Waals surface area (Å²) < 4.78 is 10.9. The summed E-state index contributed by atoms with van der Waals surface area (Å²) in [5.74, 6) is -0.511. The number of hydrogen-bond donors (Lipinski definition) is 1. The third-order valence-corrected chi connectivity index (χ3v) is 3.87. The molecule has 0 aliphatic carbocycles. The number of morpholine rings is 1. The van der Waals surface area contributed by atoms with Gasteiger partial charge in [-0.25, -0.2) is 4.79 Å². The number of anilines is 1. The molecule has 6 heteroatoms. The van der Waals surface area contributed by atoms with Crippen LogP contribution < -0.4 is 5.73 Å². The lowest BCUT2D eigenvalue weighted by molar-refractivity contribution is -0.0662. The molecule has 1 saturated heterocycles. The number of carbonyl (C=O) groups is 1. The second kappa shape index (κ2) is 7.11. The van der Waals surface area contributed by atoms with E-state index in [2.05, 4.69) is 18.7 Å². The summed E-state index contributed by atoms with van der Waals surface area (Å²) in [6, 6.07) is 5.39. The molecule has 0 spiro atoms. The number of nitrogen functional groups attached to an aromatic ring is 1. The summed E-state index contributed by atoms with van der Waals surface area (Å²) in [5.41, 5.74) is 6.31. The van der Waals surface area contributed by atoms with E-state index in [1.54, 1.807) is 18.2 Å². The minimum Gasteiger partial charge on any atom is -0.459 e. The van der Waals surface area contributed by atoms with Crippen LogP contribution in [0.15, 0.2) is 18.2 Å². The monoisotopic (exact) mass is 312 g/mol. The summed E-state index contributed by atoms with van der Waals surface area (Å²) in [7, 11) is 0. The highest BCUT2D eigenvalue weighted by atomic mass is 35.5. The largest absolute Gasteiger partial charge is 0.459 e. The van der Waals surface area contributed by atoms with Gasteiger partial charge in [0.05, 0.1) is 11.6 Å². The Morgan fingerprint density at radius 2 is 2.33 bits per heavy atom. The Labute approximate surface area is 130 Å². The third-order valence-electron chi connectivity index (χ3n) is 3.55. The van der Waals surface area contributed by atoms with Gasteiger partial charge < -0.3 is 15.2 Å². The van der Waals surface area contributed by atoms with E-state index in [4.69, 9.17) is 26.8 Å². The van der Waals surface area contributed by atoms with Gasteiger partial charge in [-0.2, -0.15) is 0 Å². The number of halogens is 1. The van der Waals surface area contributed by atoms with Crippen LogP contribution in [0.2, 0.25) is 5.02 Å². The second-order valence-electron chi connectivity index (χ2n) is 5.38. The van der Waals surface area contributed by atoms with Gasteiger partial charge >= 0.3 is 5.97 Å². The van der Waals surface area contributed by atoms with E-state index < -0.39 is 5.97 Å². The molecule has 1 heterocycles. The van der Waals surface area contributed by atoms with Gasteiger partial charge in [0.2, 0.25) is 0 Å². The zero-order chi connectivity index (χ0) is 15.4. The number of esters is 1. The fourth-order valence-corrected chi connectivity index (χ4v) is 2.57. The van der Waals surface area contributed by atoms with Crippen LogP contribution in [-0.2, 0) is 9.47 Å². The van der Waals surface area contributed by atoms with Crippen molar-refractivity contribution < 1.29 is 14.3 Å². The van der Waals surface area contributed by atoms with E-state index in [1.807, 2.05) is 0 Å². The predicted octanol–water partition coefficient (Wildman–Crippen LogP) is 2.19. The topological polar surface area (TPSA) is 64.8 Å². The van der Waals surface area contributed by atoms with Crippen LogP contribution in [0.1, 0.15) is 24.2 Å². The molecule has 0 radical (unpaired) electrons. The summed E-state index contributed by atoms with van der Waals surface area (Å²) in [4.78, 5) is 14.4. The SMILES string of the molecule is CC(C)N1CCOC(COC(=O)c2c(N)cccc2Cl)C1. The third kappa shape index (κ3) is 4.09. The number of carbonyl (C=O) groups excluding carboxylic acids is 1. The lowest BCUT2D eigenvalue weighted by atomic mass is 10.2. The van der Waals surface area contributed by atoms with Gasteiger partial charge in [0, 0.05) is 24.8 Å². The van der Waals surface area contributed by atoms with Gasteiger partial charge in [0.15, 0.2) is 0 Å². The molecule has 2 N–H and O–H groups in total. The quantitative estimate of drug-likeness (QED) is 0.682. The van der Waals surface area contributed by atoms with Crippen molar-refractivity contribution >= 4 is 23.3 Å². The summed E-state index contributed by atoms with van der Waals surface area (Å²) in [6.45, 7) is 6.78. The Hall–Kier alpha value is -1.30. The van der Waals surface area contributed by atoms with Gasteiger partial charge in [-0.3, -0.25) is 4.90 Å². The average Bonchev–Trinajstić information content (AvgIpc) is 2.45. The van der Waals surface area contributed by atoms with E-state index in [0.29, 0.717) is 23.4 Å². The minimum absolute atomic E-state index is 0.117. The van der Waals surface area contributed by atoms with E-state index in [9.17, 15) is 4.79 Å². The van der Waals surface area contributed by atoms with Crippen LogP contribution >= 0.6 is 11.6 Å². The number of nitrogens with two attached hydrogens (primary N) is 1. The zero-order valence-electron chi connectivity index (χ0n) is 12.3. The van der Waals surface area contributed by atoms with Crippen LogP contribution in [0.3, 0.4) is 0 Å². The zero-order valence-corrected chi connectivity index (χ0v) is 13.1. The lowest BCUT2D eigenvalue weighted by Crippen LogP contribution is -2.47. The van der Waals surface area contributed by atoms with Crippen molar-refractivity contribution in [1.82, 2.24) is 4.90 Å². The summed E-state index contributed by atoms with van der Waals surface area (Å²) in [6.07, 6.45) is -0.117. The van der Waals surface area contributed by atoms with Crippen LogP contribution in [0, 0.1) is 0 Å². The minimum atomic E-state index is -0.511. The molecule has 1 atom stereocenters. The molecular weight excluding hydrogens is 292 g/mol. The van der Waals surface area contributed by atoms with E-state index in [-0.39, 0.29) is 18.3 Å². The first-order valence-electron chi connectivity index (χ1n) is 7.05. The molecule has 0 aromatic heterocycles. The van der Waals surface area contributed by atoms with E-state index in [1.165, 1.54) is 0 Å². The molecule has 5 nitrogen and oxygen atoms in total. The van der Waals surface area contributed by atoms with Gasteiger partial charge in [-0.15, -0.1) is 0 Å². The fourth-order valence-electron chi connectivity index (χ4n) is 2.31. The molecule has 1 aromatic rings. The van der Waals surface area contributed by atoms with Crippen LogP contribution in [0.5, 0.6) is 0 Å². The molecule has 1 aliphatic rings. The molecule has 0 saturated carbocycles. The van der Waals surface area contributed by atoms with Crippen molar-refractivity contribution in [1.29, 1.82) is 0 Å². The van der Waals surface area contributed by atoms with Crippen molar-refractivity contribution in [2.45, 2.75) is 26.0 Å². The molecule has 0 amide bonds. The van der Waals surface area contributed by atoms with E-state index >= 15 is 0 Å². The van der Waals surface area contributed by atoms with Crippen LogP contribution in [-0.4, -0.2) is 49.3 Å². The molecule has 2 rings (SSSR count). The first kappa shape index (κ1) is 16.1. The molecule has 1 aromatic carbocycles. The first-order chi connectivity index (χ1) is 9.99. The second-order valence-corrected chi connectivity index (χ2v) is 5.79. The van der Waals surface area contributed by atoms with Crippen LogP contribution in [0.4, 0.5) is 5.69 Å². The molecule has 1 fully saturated rings. The van der Waals surface area contributed by atoms with Gasteiger partial charge in [-0.05, 0) is 26.0 Å². The Balaban J connectivity index is 1.92. The average molecular weight is 313 g/mol. The van der Waals surface area contributed by atoms with Gasteiger partial charge in [-0.1, -0.05) is 17.7 Å². The van der Waals surface area contributed by atoms with Gasteiger partial charge in [0.25, 0.3) is 0 Å². The Morgan fingerprint density at radius 1 is 1.57 bits per heavy atom. The molecule has 0 bridgehead atoms. The molecule has 1 unspecified atom stereocenters. The Morgan fingerprint density at radius 3 is 3.00 bits per heavy atom. The number of benzene rings is 1. The smallest absolute Gasteiger partial charge is 0.341 e. The molecular formula is C15H21ClN2O3.